The summed E-state index contributed by atoms with van der Waals surface area (Å²) in [6.45, 7) is 5.97. The molecule has 102 valence electrons. The van der Waals surface area contributed by atoms with Crippen molar-refractivity contribution in [3.63, 3.8) is 0 Å². The predicted molar refractivity (Wildman–Crippen MR) is 76.5 cm³/mol. The molecule has 0 fully saturated rings. The second kappa shape index (κ2) is 5.52. The van der Waals surface area contributed by atoms with Gasteiger partial charge in [0.25, 0.3) is 0 Å². The molecular weight excluding hydrogens is 260 g/mol. The summed E-state index contributed by atoms with van der Waals surface area (Å²) in [5.41, 5.74) is 3.28. The molecule has 0 atom stereocenters. The van der Waals surface area contributed by atoms with Crippen LogP contribution in [0.2, 0.25) is 0 Å². The number of nitrogens with zero attached hydrogens (tertiary/aromatic N) is 3. The Morgan fingerprint density at radius 3 is 2.68 bits per heavy atom. The highest BCUT2D eigenvalue weighted by Gasteiger charge is 2.12. The lowest BCUT2D eigenvalue weighted by Crippen LogP contribution is -2.12. The number of amides is 1. The Morgan fingerprint density at radius 1 is 1.42 bits per heavy atom. The lowest BCUT2D eigenvalue weighted by Gasteiger charge is -2.03. The van der Waals surface area contributed by atoms with E-state index in [4.69, 9.17) is 0 Å². The highest BCUT2D eigenvalue weighted by atomic mass is 32.1. The Morgan fingerprint density at radius 2 is 2.16 bits per heavy atom. The van der Waals surface area contributed by atoms with Crippen LogP contribution >= 0.6 is 11.3 Å². The van der Waals surface area contributed by atoms with Crippen molar-refractivity contribution in [1.29, 1.82) is 0 Å². The van der Waals surface area contributed by atoms with Crippen molar-refractivity contribution >= 4 is 22.4 Å². The Balaban J connectivity index is 1.93. The molecule has 0 bridgehead atoms. The van der Waals surface area contributed by atoms with Crippen molar-refractivity contribution in [2.75, 3.05) is 5.32 Å². The molecular formula is C13H18N4OS. The molecule has 0 aliphatic carbocycles. The van der Waals surface area contributed by atoms with E-state index in [0.29, 0.717) is 18.0 Å². The van der Waals surface area contributed by atoms with Crippen molar-refractivity contribution < 1.29 is 4.79 Å². The van der Waals surface area contributed by atoms with Gasteiger partial charge in [-0.2, -0.15) is 5.10 Å². The minimum atomic E-state index is -0.00277. The first kappa shape index (κ1) is 13.7. The number of anilines is 1. The molecule has 1 amide bonds. The molecule has 2 aromatic heterocycles. The SMILES string of the molecule is Cc1cnc(NC(=O)CCc2c(C)nn(C)c2C)s1. The molecule has 5 nitrogen and oxygen atoms in total. The Bertz CT molecular complexity index is 600. The summed E-state index contributed by atoms with van der Waals surface area (Å²) < 4.78 is 1.85. The molecule has 0 aromatic carbocycles. The highest BCUT2D eigenvalue weighted by molar-refractivity contribution is 7.15. The number of nitrogens with one attached hydrogen (secondary N) is 1. The Kier molecular flexibility index (Phi) is 3.99. The molecule has 0 aliphatic heterocycles. The van der Waals surface area contributed by atoms with Crippen LogP contribution in [0, 0.1) is 20.8 Å². The summed E-state index contributed by atoms with van der Waals surface area (Å²) in [6, 6.07) is 0. The third-order valence-electron chi connectivity index (χ3n) is 3.13. The Hall–Kier alpha value is -1.69. The monoisotopic (exact) mass is 278 g/mol. The normalized spacial score (nSPS) is 10.7. The average Bonchev–Trinajstić information content (AvgIpc) is 2.83. The van der Waals surface area contributed by atoms with Gasteiger partial charge in [-0.25, -0.2) is 4.98 Å². The van der Waals surface area contributed by atoms with Gasteiger partial charge >= 0.3 is 0 Å². The summed E-state index contributed by atoms with van der Waals surface area (Å²) >= 11 is 1.49. The minimum Gasteiger partial charge on any atom is -0.302 e. The highest BCUT2D eigenvalue weighted by Crippen LogP contribution is 2.18. The van der Waals surface area contributed by atoms with Gasteiger partial charge in [-0.15, -0.1) is 11.3 Å². The van der Waals surface area contributed by atoms with Gasteiger partial charge in [0.1, 0.15) is 0 Å². The molecule has 0 saturated carbocycles. The topological polar surface area (TPSA) is 59.8 Å². The molecule has 2 aromatic rings. The second-order valence-electron chi connectivity index (χ2n) is 4.60. The first-order valence-corrected chi connectivity index (χ1v) is 7.00. The fourth-order valence-electron chi connectivity index (χ4n) is 2.01. The molecule has 2 heterocycles. The molecule has 0 aliphatic rings. The molecule has 2 rings (SSSR count). The summed E-state index contributed by atoms with van der Waals surface area (Å²) in [5.74, 6) is -0.00277. The van der Waals surface area contributed by atoms with Crippen molar-refractivity contribution in [3.05, 3.63) is 28.0 Å². The Labute approximate surface area is 116 Å². The van der Waals surface area contributed by atoms with Crippen LogP contribution in [-0.2, 0) is 18.3 Å². The maximum absolute atomic E-state index is 11.9. The molecule has 6 heteroatoms. The van der Waals surface area contributed by atoms with Crippen LogP contribution in [-0.4, -0.2) is 20.7 Å². The first-order chi connectivity index (χ1) is 8.97. The van der Waals surface area contributed by atoms with Gasteiger partial charge in [-0.05, 0) is 32.8 Å². The lowest BCUT2D eigenvalue weighted by molar-refractivity contribution is -0.116. The van der Waals surface area contributed by atoms with E-state index in [1.54, 1.807) is 6.20 Å². The average molecular weight is 278 g/mol. The van der Waals surface area contributed by atoms with E-state index in [9.17, 15) is 4.79 Å². The number of carbonyl (C=O) groups excluding carboxylic acids is 1. The van der Waals surface area contributed by atoms with Gasteiger partial charge in [0.05, 0.1) is 5.69 Å². The van der Waals surface area contributed by atoms with E-state index in [1.165, 1.54) is 11.3 Å². The molecule has 0 saturated heterocycles. The maximum atomic E-state index is 11.9. The van der Waals surface area contributed by atoms with Gasteiger partial charge in [0.15, 0.2) is 5.13 Å². The number of thiazole rings is 1. The molecule has 0 radical (unpaired) electrons. The molecule has 1 N–H and O–H groups in total. The van der Waals surface area contributed by atoms with Crippen LogP contribution in [0.5, 0.6) is 0 Å². The van der Waals surface area contributed by atoms with Crippen LogP contribution in [0.1, 0.15) is 28.2 Å². The van der Waals surface area contributed by atoms with Crippen molar-refractivity contribution in [1.82, 2.24) is 14.8 Å². The smallest absolute Gasteiger partial charge is 0.226 e. The van der Waals surface area contributed by atoms with Gasteiger partial charge in [-0.3, -0.25) is 9.48 Å². The summed E-state index contributed by atoms with van der Waals surface area (Å²) in [5, 5.41) is 7.84. The van der Waals surface area contributed by atoms with Crippen LogP contribution in [0.15, 0.2) is 6.20 Å². The molecule has 0 spiro atoms. The summed E-state index contributed by atoms with van der Waals surface area (Å²) in [4.78, 5) is 17.1. The van der Waals surface area contributed by atoms with E-state index in [-0.39, 0.29) is 5.91 Å². The molecule has 0 unspecified atom stereocenters. The van der Waals surface area contributed by atoms with Crippen molar-refractivity contribution in [2.24, 2.45) is 7.05 Å². The minimum absolute atomic E-state index is 0.00277. The van der Waals surface area contributed by atoms with E-state index in [2.05, 4.69) is 15.4 Å². The van der Waals surface area contributed by atoms with Crippen LogP contribution < -0.4 is 5.32 Å². The quantitative estimate of drug-likeness (QED) is 0.934. The van der Waals surface area contributed by atoms with Crippen molar-refractivity contribution in [2.45, 2.75) is 33.6 Å². The lowest BCUT2D eigenvalue weighted by atomic mass is 10.1. The number of rotatable bonds is 4. The van der Waals surface area contributed by atoms with E-state index < -0.39 is 0 Å². The number of aryl methyl sites for hydroxylation is 3. The third-order valence-corrected chi connectivity index (χ3v) is 3.96. The number of hydrogen-bond acceptors (Lipinski definition) is 4. The number of carbonyl (C=O) groups is 1. The zero-order valence-corrected chi connectivity index (χ0v) is 12.5. The van der Waals surface area contributed by atoms with E-state index >= 15 is 0 Å². The van der Waals surface area contributed by atoms with Gasteiger partial charge in [-0.1, -0.05) is 0 Å². The van der Waals surface area contributed by atoms with Gasteiger partial charge in [0, 0.05) is 30.2 Å². The second-order valence-corrected chi connectivity index (χ2v) is 5.83. The van der Waals surface area contributed by atoms with E-state index in [0.717, 1.165) is 21.8 Å². The summed E-state index contributed by atoms with van der Waals surface area (Å²) in [7, 11) is 1.92. The maximum Gasteiger partial charge on any atom is 0.226 e. The van der Waals surface area contributed by atoms with E-state index in [1.807, 2.05) is 32.5 Å². The zero-order valence-electron chi connectivity index (χ0n) is 11.6. The third kappa shape index (κ3) is 3.20. The fraction of sp³-hybridized carbons (Fsp3) is 0.462. The zero-order chi connectivity index (χ0) is 14.0. The first-order valence-electron chi connectivity index (χ1n) is 6.18. The standard InChI is InChI=1S/C13H18N4OS/c1-8-7-14-13(19-8)15-12(18)6-5-11-9(2)16-17(4)10(11)3/h7H,5-6H2,1-4H3,(H,14,15,18). The summed E-state index contributed by atoms with van der Waals surface area (Å²) in [6.07, 6.45) is 2.92. The van der Waals surface area contributed by atoms with Crippen LogP contribution in [0.25, 0.3) is 0 Å². The molecule has 19 heavy (non-hydrogen) atoms. The van der Waals surface area contributed by atoms with Gasteiger partial charge < -0.3 is 5.32 Å². The number of hydrogen-bond donors (Lipinski definition) is 1. The van der Waals surface area contributed by atoms with Crippen LogP contribution in [0.4, 0.5) is 5.13 Å². The fourth-order valence-corrected chi connectivity index (χ4v) is 2.69. The van der Waals surface area contributed by atoms with Crippen LogP contribution in [0.3, 0.4) is 0 Å². The number of aromatic nitrogens is 3. The van der Waals surface area contributed by atoms with Gasteiger partial charge in [0.2, 0.25) is 5.91 Å². The van der Waals surface area contributed by atoms with Crippen molar-refractivity contribution in [3.8, 4) is 0 Å². The largest absolute Gasteiger partial charge is 0.302 e. The predicted octanol–water partition coefficient (Wildman–Crippen LogP) is 2.37.